The monoisotopic (exact) mass is 360 g/mol. The average molecular weight is 361 g/mol. The van der Waals surface area contributed by atoms with Crippen LogP contribution in [0.2, 0.25) is 5.02 Å². The predicted octanol–water partition coefficient (Wildman–Crippen LogP) is 3.70. The summed E-state index contributed by atoms with van der Waals surface area (Å²) in [5.74, 6) is -0.853. The highest BCUT2D eigenvalue weighted by Gasteiger charge is 2.11. The topological polar surface area (TPSA) is 80.1 Å². The molecular formula is C17H13ClN2O3S. The van der Waals surface area contributed by atoms with Gasteiger partial charge in [-0.1, -0.05) is 11.6 Å². The molecule has 0 aliphatic heterocycles. The SMILES string of the molecule is Cc1cc(CCC(=O)O)cc(-c2nc(=O)c3ccc(Cl)cc3s2)n1. The summed E-state index contributed by atoms with van der Waals surface area (Å²) in [7, 11) is 0. The predicted molar refractivity (Wildman–Crippen MR) is 94.8 cm³/mol. The van der Waals surface area contributed by atoms with Crippen molar-refractivity contribution in [3.8, 4) is 10.7 Å². The zero-order valence-corrected chi connectivity index (χ0v) is 14.3. The zero-order valence-electron chi connectivity index (χ0n) is 12.7. The summed E-state index contributed by atoms with van der Waals surface area (Å²) in [5, 5.41) is 10.4. The van der Waals surface area contributed by atoms with Crippen LogP contribution in [0.3, 0.4) is 0 Å². The van der Waals surface area contributed by atoms with Crippen molar-refractivity contribution >= 4 is 39.0 Å². The molecule has 0 bridgehead atoms. The van der Waals surface area contributed by atoms with E-state index in [-0.39, 0.29) is 12.0 Å². The van der Waals surface area contributed by atoms with E-state index in [0.717, 1.165) is 16.0 Å². The summed E-state index contributed by atoms with van der Waals surface area (Å²) in [5.41, 5.74) is 1.85. The summed E-state index contributed by atoms with van der Waals surface area (Å²) in [4.78, 5) is 31.5. The van der Waals surface area contributed by atoms with Gasteiger partial charge in [0.15, 0.2) is 0 Å². The van der Waals surface area contributed by atoms with E-state index < -0.39 is 5.97 Å². The van der Waals surface area contributed by atoms with Gasteiger partial charge in [0.1, 0.15) is 5.01 Å². The number of hydrogen-bond donors (Lipinski definition) is 1. The van der Waals surface area contributed by atoms with Gasteiger partial charge in [0.25, 0.3) is 5.56 Å². The molecule has 0 saturated carbocycles. The molecular weight excluding hydrogens is 348 g/mol. The third-order valence-corrected chi connectivity index (χ3v) is 4.73. The molecule has 3 rings (SSSR count). The Bertz CT molecular complexity index is 1000. The molecule has 2 heterocycles. The highest BCUT2D eigenvalue weighted by Crippen LogP contribution is 2.27. The quantitative estimate of drug-likeness (QED) is 0.767. The molecule has 0 spiro atoms. The number of carboxylic acid groups (broad SMARTS) is 1. The van der Waals surface area contributed by atoms with E-state index in [4.69, 9.17) is 16.7 Å². The lowest BCUT2D eigenvalue weighted by molar-refractivity contribution is -0.136. The molecule has 2 aromatic heterocycles. The first-order valence-electron chi connectivity index (χ1n) is 7.22. The van der Waals surface area contributed by atoms with Crippen LogP contribution in [0.15, 0.2) is 35.1 Å². The number of rotatable bonds is 4. The second-order valence-corrected chi connectivity index (χ2v) is 6.83. The maximum Gasteiger partial charge on any atom is 0.303 e. The maximum absolute atomic E-state index is 12.2. The Labute approximate surface area is 146 Å². The Morgan fingerprint density at radius 2 is 2.04 bits per heavy atom. The fourth-order valence-corrected chi connectivity index (χ4v) is 3.63. The molecule has 3 aromatic rings. The van der Waals surface area contributed by atoms with Gasteiger partial charge in [-0.05, 0) is 49.2 Å². The minimum atomic E-state index is -0.853. The highest BCUT2D eigenvalue weighted by atomic mass is 35.5. The minimum Gasteiger partial charge on any atom is -0.481 e. The molecule has 0 fully saturated rings. The number of benzene rings is 1. The smallest absolute Gasteiger partial charge is 0.303 e. The van der Waals surface area contributed by atoms with Crippen LogP contribution in [0.1, 0.15) is 17.7 Å². The standard InChI is InChI=1S/C17H13ClN2O3S/c1-9-6-10(2-5-15(21)22)7-13(19-9)17-20-16(23)12-4-3-11(18)8-14(12)24-17/h3-4,6-8H,2,5H2,1H3,(H,21,22). The molecule has 0 radical (unpaired) electrons. The number of halogens is 1. The van der Waals surface area contributed by atoms with Crippen LogP contribution >= 0.6 is 22.9 Å². The number of aromatic nitrogens is 2. The van der Waals surface area contributed by atoms with Gasteiger partial charge >= 0.3 is 5.97 Å². The van der Waals surface area contributed by atoms with Gasteiger partial charge < -0.3 is 5.11 Å². The second-order valence-electron chi connectivity index (χ2n) is 5.36. The van der Waals surface area contributed by atoms with Crippen LogP contribution < -0.4 is 5.56 Å². The molecule has 7 heteroatoms. The molecule has 1 aromatic carbocycles. The van der Waals surface area contributed by atoms with E-state index >= 15 is 0 Å². The number of nitrogens with zero attached hydrogens (tertiary/aromatic N) is 2. The van der Waals surface area contributed by atoms with Crippen molar-refractivity contribution < 1.29 is 9.90 Å². The molecule has 24 heavy (non-hydrogen) atoms. The number of aliphatic carboxylic acids is 1. The summed E-state index contributed by atoms with van der Waals surface area (Å²) < 4.78 is 0.743. The fourth-order valence-electron chi connectivity index (χ4n) is 2.39. The van der Waals surface area contributed by atoms with Gasteiger partial charge in [-0.15, -0.1) is 11.3 Å². The first-order chi connectivity index (χ1) is 11.4. The number of pyridine rings is 1. The van der Waals surface area contributed by atoms with Crippen LogP contribution in [0.25, 0.3) is 20.8 Å². The fraction of sp³-hybridized carbons (Fsp3) is 0.176. The molecule has 0 saturated heterocycles. The largest absolute Gasteiger partial charge is 0.481 e. The van der Waals surface area contributed by atoms with E-state index in [9.17, 15) is 9.59 Å². The average Bonchev–Trinajstić information content (AvgIpc) is 2.52. The lowest BCUT2D eigenvalue weighted by atomic mass is 10.1. The summed E-state index contributed by atoms with van der Waals surface area (Å²) >= 11 is 7.34. The molecule has 0 amide bonds. The number of carbonyl (C=O) groups is 1. The third-order valence-electron chi connectivity index (χ3n) is 3.44. The van der Waals surface area contributed by atoms with Crippen molar-refractivity contribution in [3.05, 3.63) is 57.0 Å². The van der Waals surface area contributed by atoms with Gasteiger partial charge in [0.2, 0.25) is 0 Å². The van der Waals surface area contributed by atoms with E-state index in [1.54, 1.807) is 24.3 Å². The second kappa shape index (κ2) is 6.67. The molecule has 5 nitrogen and oxygen atoms in total. The molecule has 1 N–H and O–H groups in total. The van der Waals surface area contributed by atoms with Crippen LogP contribution in [-0.4, -0.2) is 21.0 Å². The van der Waals surface area contributed by atoms with E-state index in [1.165, 1.54) is 11.3 Å². The summed E-state index contributed by atoms with van der Waals surface area (Å²) in [6.07, 6.45) is 0.444. The Hall–Kier alpha value is -2.31. The molecule has 0 atom stereocenters. The molecule has 122 valence electrons. The van der Waals surface area contributed by atoms with E-state index in [0.29, 0.717) is 27.5 Å². The summed E-state index contributed by atoms with van der Waals surface area (Å²) in [6.45, 7) is 1.83. The van der Waals surface area contributed by atoms with Gasteiger partial charge in [0.05, 0.1) is 11.1 Å². The van der Waals surface area contributed by atoms with Crippen molar-refractivity contribution in [2.75, 3.05) is 0 Å². The van der Waals surface area contributed by atoms with E-state index in [1.807, 2.05) is 13.0 Å². The van der Waals surface area contributed by atoms with Crippen LogP contribution in [0.4, 0.5) is 0 Å². The lowest BCUT2D eigenvalue weighted by Crippen LogP contribution is -2.07. The first kappa shape index (κ1) is 16.5. The Morgan fingerprint density at radius 3 is 2.79 bits per heavy atom. The normalized spacial score (nSPS) is 10.9. The number of hydrogen-bond acceptors (Lipinski definition) is 5. The zero-order chi connectivity index (χ0) is 17.3. The van der Waals surface area contributed by atoms with Gasteiger partial charge in [0, 0.05) is 21.8 Å². The molecule has 0 aliphatic carbocycles. The van der Waals surface area contributed by atoms with Crippen molar-refractivity contribution in [2.45, 2.75) is 19.8 Å². The van der Waals surface area contributed by atoms with Crippen molar-refractivity contribution in [1.29, 1.82) is 0 Å². The molecule has 0 aliphatic rings. The maximum atomic E-state index is 12.2. The minimum absolute atomic E-state index is 0.0416. The number of fused-ring (bicyclic) bond motifs is 1. The Morgan fingerprint density at radius 1 is 1.25 bits per heavy atom. The van der Waals surface area contributed by atoms with Crippen LogP contribution in [0.5, 0.6) is 0 Å². The third kappa shape index (κ3) is 3.60. The van der Waals surface area contributed by atoms with Crippen molar-refractivity contribution in [3.63, 3.8) is 0 Å². The number of aryl methyl sites for hydroxylation is 2. The van der Waals surface area contributed by atoms with Crippen LogP contribution in [0, 0.1) is 6.92 Å². The van der Waals surface area contributed by atoms with Gasteiger partial charge in [-0.2, -0.15) is 4.98 Å². The summed E-state index contributed by atoms with van der Waals surface area (Å²) in [6, 6.07) is 8.68. The van der Waals surface area contributed by atoms with Crippen molar-refractivity contribution in [2.24, 2.45) is 0 Å². The Kier molecular flexibility index (Phi) is 4.59. The van der Waals surface area contributed by atoms with Gasteiger partial charge in [-0.25, -0.2) is 0 Å². The lowest BCUT2D eigenvalue weighted by Gasteiger charge is -2.06. The number of carboxylic acids is 1. The van der Waals surface area contributed by atoms with Crippen LogP contribution in [-0.2, 0) is 11.2 Å². The molecule has 0 unspecified atom stereocenters. The van der Waals surface area contributed by atoms with Gasteiger partial charge in [-0.3, -0.25) is 14.6 Å². The Balaban J connectivity index is 2.09. The van der Waals surface area contributed by atoms with Crippen molar-refractivity contribution in [1.82, 2.24) is 9.97 Å². The van der Waals surface area contributed by atoms with E-state index in [2.05, 4.69) is 9.97 Å². The first-order valence-corrected chi connectivity index (χ1v) is 8.42. The highest BCUT2D eigenvalue weighted by molar-refractivity contribution is 7.21.